The Labute approximate surface area is 237 Å². The summed E-state index contributed by atoms with van der Waals surface area (Å²) in [6, 6.07) is 17.4. The number of aromatic amines is 1. The Morgan fingerprint density at radius 1 is 1.00 bits per heavy atom. The monoisotopic (exact) mass is 558 g/mol. The highest BCUT2D eigenvalue weighted by molar-refractivity contribution is 6.32. The average Bonchev–Trinajstić information content (AvgIpc) is 3.53. The minimum absolute atomic E-state index is 0.232. The van der Waals surface area contributed by atoms with E-state index in [1.165, 1.54) is 4.90 Å². The summed E-state index contributed by atoms with van der Waals surface area (Å²) in [5.41, 5.74) is 16.1. The minimum atomic E-state index is -0.922. The smallest absolute Gasteiger partial charge is 0.251 e. The van der Waals surface area contributed by atoms with E-state index in [0.29, 0.717) is 47.5 Å². The summed E-state index contributed by atoms with van der Waals surface area (Å²) in [5.74, 6) is -0.111. The number of halogens is 1. The van der Waals surface area contributed by atoms with Crippen LogP contribution < -0.4 is 16.4 Å². The van der Waals surface area contributed by atoms with Crippen LogP contribution in [0.25, 0.3) is 22.5 Å². The summed E-state index contributed by atoms with van der Waals surface area (Å²) in [6.07, 6.45) is 5.03. The van der Waals surface area contributed by atoms with Gasteiger partial charge in [0, 0.05) is 23.2 Å². The molecule has 206 valence electrons. The maximum atomic E-state index is 13.8. The maximum Gasteiger partial charge on any atom is 0.251 e. The first-order valence-corrected chi connectivity index (χ1v) is 13.7. The number of carbonyl (C=O) groups is 2. The zero-order valence-corrected chi connectivity index (χ0v) is 22.7. The van der Waals surface area contributed by atoms with Gasteiger partial charge in [0.1, 0.15) is 5.15 Å². The highest BCUT2D eigenvalue weighted by Gasteiger charge is 2.35. The van der Waals surface area contributed by atoms with Gasteiger partial charge < -0.3 is 11.5 Å². The first kappa shape index (κ1) is 27.6. The molecule has 0 bridgehead atoms. The summed E-state index contributed by atoms with van der Waals surface area (Å²) >= 11 is 6.24. The maximum absolute atomic E-state index is 13.8. The lowest BCUT2D eigenvalue weighted by Gasteiger charge is -2.32. The van der Waals surface area contributed by atoms with Crippen molar-refractivity contribution >= 4 is 29.1 Å². The van der Waals surface area contributed by atoms with Crippen LogP contribution >= 0.6 is 11.6 Å². The van der Waals surface area contributed by atoms with E-state index in [4.69, 9.17) is 23.1 Å². The molecule has 2 heterocycles. The fraction of sp³-hybridized carbons (Fsp3) is 0.310. The Morgan fingerprint density at radius 3 is 2.33 bits per heavy atom. The quantitative estimate of drug-likeness (QED) is 0.276. The molecule has 0 saturated heterocycles. The number of aromatic nitrogens is 5. The van der Waals surface area contributed by atoms with Gasteiger partial charge in [-0.2, -0.15) is 5.21 Å². The third-order valence-corrected chi connectivity index (χ3v) is 7.80. The number of nitrogens with one attached hydrogen (secondary N) is 1. The number of nitrogens with two attached hydrogens (primary N) is 2. The molecule has 0 aliphatic heterocycles. The fourth-order valence-corrected chi connectivity index (χ4v) is 5.39. The van der Waals surface area contributed by atoms with Gasteiger partial charge in [-0.05, 0) is 97.3 Å². The Hall–Kier alpha value is -3.99. The fourth-order valence-electron chi connectivity index (χ4n) is 5.16. The summed E-state index contributed by atoms with van der Waals surface area (Å²) in [6.45, 7) is 0.609. The van der Waals surface area contributed by atoms with Gasteiger partial charge in [0.25, 0.3) is 5.91 Å². The number of carbonyl (C=O) groups excluding carboxylic acids is 2. The number of amides is 2. The van der Waals surface area contributed by atoms with Crippen LogP contribution in [0, 0.1) is 11.8 Å². The predicted octanol–water partition coefficient (Wildman–Crippen LogP) is 3.78. The first-order valence-electron chi connectivity index (χ1n) is 13.3. The van der Waals surface area contributed by atoms with E-state index in [1.54, 1.807) is 30.5 Å². The van der Waals surface area contributed by atoms with Gasteiger partial charge in [-0.15, -0.1) is 10.2 Å². The van der Waals surface area contributed by atoms with Gasteiger partial charge in [0.05, 0.1) is 11.7 Å². The van der Waals surface area contributed by atoms with Crippen LogP contribution in [0.4, 0.5) is 5.69 Å². The molecule has 40 heavy (non-hydrogen) atoms. The first-order chi connectivity index (χ1) is 19.4. The number of tetrazole rings is 1. The molecule has 5 N–H and O–H groups in total. The van der Waals surface area contributed by atoms with E-state index in [1.807, 2.05) is 36.4 Å². The summed E-state index contributed by atoms with van der Waals surface area (Å²) in [7, 11) is 0. The van der Waals surface area contributed by atoms with E-state index < -0.39 is 11.9 Å². The summed E-state index contributed by atoms with van der Waals surface area (Å²) < 4.78 is 0. The normalized spacial score (nSPS) is 17.8. The van der Waals surface area contributed by atoms with Crippen molar-refractivity contribution in [1.82, 2.24) is 25.6 Å². The van der Waals surface area contributed by atoms with Crippen molar-refractivity contribution in [1.29, 1.82) is 0 Å². The second kappa shape index (κ2) is 12.5. The van der Waals surface area contributed by atoms with Gasteiger partial charge in [0.2, 0.25) is 11.7 Å². The summed E-state index contributed by atoms with van der Waals surface area (Å²) in [5, 5.41) is 14.4. The number of benzene rings is 2. The number of imide groups is 1. The highest BCUT2D eigenvalue weighted by Crippen LogP contribution is 2.32. The van der Waals surface area contributed by atoms with E-state index in [0.717, 1.165) is 29.5 Å². The van der Waals surface area contributed by atoms with Gasteiger partial charge in [-0.25, -0.2) is 9.88 Å². The molecule has 2 amide bonds. The van der Waals surface area contributed by atoms with Gasteiger partial charge in [0.15, 0.2) is 0 Å². The molecule has 0 spiro atoms. The van der Waals surface area contributed by atoms with Gasteiger partial charge in [-0.1, -0.05) is 35.9 Å². The number of anilines is 1. The van der Waals surface area contributed by atoms with Crippen molar-refractivity contribution in [2.24, 2.45) is 23.3 Å². The number of rotatable bonds is 8. The van der Waals surface area contributed by atoms with E-state index >= 15 is 0 Å². The van der Waals surface area contributed by atoms with Crippen molar-refractivity contribution in [3.05, 3.63) is 77.6 Å². The Bertz CT molecular complexity index is 1440. The van der Waals surface area contributed by atoms with Crippen LogP contribution in [0.2, 0.25) is 5.15 Å². The molecule has 1 saturated carbocycles. The van der Waals surface area contributed by atoms with E-state index in [2.05, 4.69) is 25.6 Å². The third-order valence-electron chi connectivity index (χ3n) is 7.50. The lowest BCUT2D eigenvalue weighted by atomic mass is 9.81. The molecule has 11 heteroatoms. The molecule has 1 aliphatic carbocycles. The zero-order valence-electron chi connectivity index (χ0n) is 21.9. The average molecular weight is 559 g/mol. The number of pyridine rings is 1. The molecule has 1 atom stereocenters. The van der Waals surface area contributed by atoms with E-state index in [-0.39, 0.29) is 18.2 Å². The second-order valence-electron chi connectivity index (χ2n) is 10.1. The molecule has 2 aromatic carbocycles. The van der Waals surface area contributed by atoms with Crippen molar-refractivity contribution in [3.63, 3.8) is 0 Å². The number of hydrogen-bond acceptors (Lipinski definition) is 8. The minimum Gasteiger partial charge on any atom is -0.330 e. The van der Waals surface area contributed by atoms with Gasteiger partial charge in [-0.3, -0.25) is 9.59 Å². The molecule has 0 unspecified atom stereocenters. The van der Waals surface area contributed by atoms with Gasteiger partial charge >= 0.3 is 0 Å². The molecule has 5 rings (SSSR count). The lowest BCUT2D eigenvalue weighted by Crippen LogP contribution is -2.50. The van der Waals surface area contributed by atoms with Crippen LogP contribution in [0.15, 0.2) is 66.9 Å². The number of H-pyrrole nitrogens is 1. The van der Waals surface area contributed by atoms with Crippen molar-refractivity contribution in [2.75, 3.05) is 11.4 Å². The summed E-state index contributed by atoms with van der Waals surface area (Å²) in [4.78, 5) is 33.0. The molecular weight excluding hydrogens is 528 g/mol. The predicted molar refractivity (Wildman–Crippen MR) is 153 cm³/mol. The van der Waals surface area contributed by atoms with E-state index in [9.17, 15) is 9.59 Å². The number of nitrogens with zero attached hydrogens (tertiary/aromatic N) is 5. The highest BCUT2D eigenvalue weighted by atomic mass is 35.5. The standard InChI is InChI=1S/C29H31ClN8O2/c30-26-24(2-1-15-33-26)20-7-3-18(4-8-20)16-25(32)29(40)38(28(39)22-9-5-19(17-31)6-10-22)23-13-11-21(12-14-23)27-34-36-37-35-27/h1-4,7-8,11-15,19,22,25H,5-6,9-10,16-17,31-32H2,(H,34,35,36,37)/t19?,22?,25-/m0/s1. The molecule has 2 aromatic heterocycles. The second-order valence-corrected chi connectivity index (χ2v) is 10.5. The Morgan fingerprint density at radius 2 is 1.70 bits per heavy atom. The van der Waals surface area contributed by atoms with Crippen LogP contribution in [0.5, 0.6) is 0 Å². The van der Waals surface area contributed by atoms with Crippen molar-refractivity contribution < 1.29 is 9.59 Å². The molecule has 10 nitrogen and oxygen atoms in total. The molecule has 1 fully saturated rings. The van der Waals surface area contributed by atoms with Crippen molar-refractivity contribution in [2.45, 2.75) is 38.1 Å². The SMILES string of the molecule is NCC1CCC(C(=O)N(C(=O)[C@@H](N)Cc2ccc(-c3cccnc3Cl)cc2)c2ccc(-c3nn[nH]n3)cc2)CC1. The Balaban J connectivity index is 1.36. The lowest BCUT2D eigenvalue weighted by molar-refractivity contribution is -0.130. The topological polar surface area (TPSA) is 157 Å². The van der Waals surface area contributed by atoms with Crippen LogP contribution in [-0.2, 0) is 16.0 Å². The molecule has 0 radical (unpaired) electrons. The van der Waals surface area contributed by atoms with Crippen LogP contribution in [0.3, 0.4) is 0 Å². The molecule has 4 aromatic rings. The zero-order chi connectivity index (χ0) is 28.1. The van der Waals surface area contributed by atoms with Crippen LogP contribution in [-0.4, -0.2) is 50.0 Å². The van der Waals surface area contributed by atoms with Crippen LogP contribution in [0.1, 0.15) is 31.2 Å². The molecule has 1 aliphatic rings. The number of hydrogen-bond donors (Lipinski definition) is 3. The van der Waals surface area contributed by atoms with Crippen molar-refractivity contribution in [3.8, 4) is 22.5 Å². The third kappa shape index (κ3) is 6.09. The largest absolute Gasteiger partial charge is 0.330 e. The Kier molecular flexibility index (Phi) is 8.59. The molecular formula is C29H31ClN8O2.